The van der Waals surface area contributed by atoms with E-state index >= 15 is 0 Å². The Balaban J connectivity index is 1.50. The van der Waals surface area contributed by atoms with Gasteiger partial charge in [0, 0.05) is 23.0 Å². The molecule has 148 valence electrons. The summed E-state index contributed by atoms with van der Waals surface area (Å²) in [5.74, 6) is -0.373. The van der Waals surface area contributed by atoms with E-state index in [0.717, 1.165) is 43.6 Å². The molecule has 2 aromatic rings. The second-order valence-corrected chi connectivity index (χ2v) is 7.82. The van der Waals surface area contributed by atoms with Crippen LogP contribution < -0.4 is 5.43 Å². The van der Waals surface area contributed by atoms with Gasteiger partial charge in [0.2, 0.25) is 5.91 Å². The quantitative estimate of drug-likeness (QED) is 0.551. The molecule has 1 aliphatic rings. The summed E-state index contributed by atoms with van der Waals surface area (Å²) in [6.45, 7) is 4.20. The maximum Gasteiger partial charge on any atom is 0.243 e. The van der Waals surface area contributed by atoms with Crippen LogP contribution in [0.4, 0.5) is 4.39 Å². The third-order valence-electron chi connectivity index (χ3n) is 4.93. The predicted molar refractivity (Wildman–Crippen MR) is 111 cm³/mol. The van der Waals surface area contributed by atoms with Crippen LogP contribution in [0.2, 0.25) is 10.0 Å². The third kappa shape index (κ3) is 5.53. The highest BCUT2D eigenvalue weighted by Gasteiger charge is 2.25. The van der Waals surface area contributed by atoms with Crippen LogP contribution >= 0.6 is 23.2 Å². The van der Waals surface area contributed by atoms with Gasteiger partial charge in [0.1, 0.15) is 5.82 Å². The van der Waals surface area contributed by atoms with Crippen LogP contribution in [0.25, 0.3) is 0 Å². The summed E-state index contributed by atoms with van der Waals surface area (Å²) in [7, 11) is 0. The van der Waals surface area contributed by atoms with Crippen LogP contribution in [-0.4, -0.2) is 29.6 Å². The Morgan fingerprint density at radius 1 is 1.18 bits per heavy atom. The number of benzene rings is 2. The number of rotatable bonds is 5. The summed E-state index contributed by atoms with van der Waals surface area (Å²) < 4.78 is 13.0. The minimum atomic E-state index is -0.227. The van der Waals surface area contributed by atoms with Crippen molar-refractivity contribution >= 4 is 34.8 Å². The van der Waals surface area contributed by atoms with Gasteiger partial charge in [0.05, 0.1) is 10.7 Å². The molecule has 1 amide bonds. The Labute approximate surface area is 174 Å². The number of hydrogen-bond acceptors (Lipinski definition) is 3. The second kappa shape index (κ2) is 9.50. The van der Waals surface area contributed by atoms with Gasteiger partial charge < -0.3 is 0 Å². The number of amides is 1. The topological polar surface area (TPSA) is 44.7 Å². The highest BCUT2D eigenvalue weighted by Crippen LogP contribution is 2.22. The first kappa shape index (κ1) is 20.8. The molecule has 28 heavy (non-hydrogen) atoms. The molecule has 0 saturated carbocycles. The third-order valence-corrected chi connectivity index (χ3v) is 5.48. The molecule has 0 bridgehead atoms. The number of halogens is 3. The predicted octanol–water partition coefficient (Wildman–Crippen LogP) is 4.88. The summed E-state index contributed by atoms with van der Waals surface area (Å²) in [4.78, 5) is 14.7. The van der Waals surface area contributed by atoms with Crippen molar-refractivity contribution in [1.29, 1.82) is 0 Å². The summed E-state index contributed by atoms with van der Waals surface area (Å²) >= 11 is 12.1. The molecule has 0 atom stereocenters. The lowest BCUT2D eigenvalue weighted by Gasteiger charge is -2.30. The largest absolute Gasteiger partial charge is 0.299 e. The molecule has 0 aromatic heterocycles. The van der Waals surface area contributed by atoms with Crippen LogP contribution in [0.1, 0.15) is 30.9 Å². The van der Waals surface area contributed by atoms with E-state index in [4.69, 9.17) is 23.2 Å². The number of piperidine rings is 1. The van der Waals surface area contributed by atoms with E-state index in [1.54, 1.807) is 37.3 Å². The van der Waals surface area contributed by atoms with Crippen molar-refractivity contribution in [2.75, 3.05) is 13.1 Å². The van der Waals surface area contributed by atoms with Gasteiger partial charge in [-0.2, -0.15) is 5.10 Å². The number of nitrogens with zero attached hydrogens (tertiary/aromatic N) is 2. The Morgan fingerprint density at radius 3 is 2.50 bits per heavy atom. The molecule has 1 N–H and O–H groups in total. The molecule has 0 aliphatic carbocycles. The fraction of sp³-hybridized carbons (Fsp3) is 0.333. The zero-order chi connectivity index (χ0) is 20.1. The summed E-state index contributed by atoms with van der Waals surface area (Å²) in [5, 5.41) is 5.25. The molecule has 0 spiro atoms. The lowest BCUT2D eigenvalue weighted by molar-refractivity contribution is -0.126. The smallest absolute Gasteiger partial charge is 0.243 e. The molecule has 1 fully saturated rings. The van der Waals surface area contributed by atoms with Crippen molar-refractivity contribution in [3.8, 4) is 0 Å². The Morgan fingerprint density at radius 2 is 1.86 bits per heavy atom. The Bertz CT molecular complexity index is 862. The van der Waals surface area contributed by atoms with Gasteiger partial charge in [-0.25, -0.2) is 9.82 Å². The number of hydrogen-bond donors (Lipinski definition) is 1. The van der Waals surface area contributed by atoms with Gasteiger partial charge in [-0.05, 0) is 62.7 Å². The summed E-state index contributed by atoms with van der Waals surface area (Å²) in [6.07, 6.45) is 1.53. The van der Waals surface area contributed by atoms with E-state index in [0.29, 0.717) is 15.8 Å². The number of carbonyl (C=O) groups is 1. The van der Waals surface area contributed by atoms with Crippen LogP contribution in [0, 0.1) is 11.7 Å². The van der Waals surface area contributed by atoms with Crippen molar-refractivity contribution in [1.82, 2.24) is 10.3 Å². The lowest BCUT2D eigenvalue weighted by Crippen LogP contribution is -2.39. The fourth-order valence-corrected chi connectivity index (χ4v) is 3.82. The van der Waals surface area contributed by atoms with Gasteiger partial charge in [0.25, 0.3) is 0 Å². The lowest BCUT2D eigenvalue weighted by atomic mass is 9.96. The molecule has 0 unspecified atom stereocenters. The molecule has 1 heterocycles. The minimum Gasteiger partial charge on any atom is -0.299 e. The van der Waals surface area contributed by atoms with Crippen molar-refractivity contribution in [3.05, 3.63) is 69.5 Å². The second-order valence-electron chi connectivity index (χ2n) is 6.97. The first-order valence-electron chi connectivity index (χ1n) is 9.19. The Kier molecular flexibility index (Phi) is 7.05. The SMILES string of the molecule is C/C(=N\NC(=O)C1CCN(Cc2ccc(F)cc2)CC1)c1ccc(Cl)cc1Cl. The van der Waals surface area contributed by atoms with Crippen molar-refractivity contribution in [2.45, 2.75) is 26.3 Å². The van der Waals surface area contributed by atoms with E-state index in [1.807, 2.05) is 0 Å². The molecule has 0 radical (unpaired) electrons. The standard InChI is InChI=1S/C21H22Cl2FN3O/c1-14(19-7-4-17(22)12-20(19)23)25-26-21(28)16-8-10-27(11-9-16)13-15-2-5-18(24)6-3-15/h2-7,12,16H,8-11,13H2,1H3,(H,26,28)/b25-14+. The number of carbonyl (C=O) groups excluding carboxylic acids is 1. The van der Waals surface area contributed by atoms with Gasteiger partial charge in [0.15, 0.2) is 0 Å². The van der Waals surface area contributed by atoms with E-state index in [2.05, 4.69) is 15.4 Å². The van der Waals surface area contributed by atoms with Gasteiger partial charge >= 0.3 is 0 Å². The fourth-order valence-electron chi connectivity index (χ4n) is 3.27. The molecule has 1 aliphatic heterocycles. The van der Waals surface area contributed by atoms with E-state index < -0.39 is 0 Å². The van der Waals surface area contributed by atoms with Crippen LogP contribution in [-0.2, 0) is 11.3 Å². The van der Waals surface area contributed by atoms with E-state index in [1.165, 1.54) is 12.1 Å². The highest BCUT2D eigenvalue weighted by molar-refractivity contribution is 6.37. The first-order chi connectivity index (χ1) is 13.4. The number of likely N-dealkylation sites (tertiary alicyclic amines) is 1. The van der Waals surface area contributed by atoms with Gasteiger partial charge in [-0.3, -0.25) is 9.69 Å². The maximum atomic E-state index is 13.0. The van der Waals surface area contributed by atoms with E-state index in [-0.39, 0.29) is 17.6 Å². The van der Waals surface area contributed by atoms with Crippen LogP contribution in [0.15, 0.2) is 47.6 Å². The van der Waals surface area contributed by atoms with Gasteiger partial charge in [-0.15, -0.1) is 0 Å². The zero-order valence-electron chi connectivity index (χ0n) is 15.6. The Hall–Kier alpha value is -1.95. The summed E-state index contributed by atoms with van der Waals surface area (Å²) in [5.41, 5.74) is 5.10. The van der Waals surface area contributed by atoms with Crippen molar-refractivity contribution < 1.29 is 9.18 Å². The van der Waals surface area contributed by atoms with Crippen molar-refractivity contribution in [3.63, 3.8) is 0 Å². The molecule has 4 nitrogen and oxygen atoms in total. The van der Waals surface area contributed by atoms with Crippen molar-refractivity contribution in [2.24, 2.45) is 11.0 Å². The molecular weight excluding hydrogens is 400 g/mol. The van der Waals surface area contributed by atoms with Crippen LogP contribution in [0.5, 0.6) is 0 Å². The number of nitrogens with one attached hydrogen (secondary N) is 1. The first-order valence-corrected chi connectivity index (χ1v) is 9.94. The average molecular weight is 422 g/mol. The van der Waals surface area contributed by atoms with E-state index in [9.17, 15) is 9.18 Å². The minimum absolute atomic E-state index is 0.0679. The monoisotopic (exact) mass is 421 g/mol. The number of hydrazone groups is 1. The summed E-state index contributed by atoms with van der Waals surface area (Å²) in [6, 6.07) is 11.7. The zero-order valence-corrected chi connectivity index (χ0v) is 17.1. The molecule has 2 aromatic carbocycles. The molecular formula is C21H22Cl2FN3O. The normalized spacial score (nSPS) is 16.2. The molecule has 1 saturated heterocycles. The highest BCUT2D eigenvalue weighted by atomic mass is 35.5. The van der Waals surface area contributed by atoms with Crippen LogP contribution in [0.3, 0.4) is 0 Å². The average Bonchev–Trinajstić information content (AvgIpc) is 2.68. The van der Waals surface area contributed by atoms with Gasteiger partial charge in [-0.1, -0.05) is 41.4 Å². The maximum absolute atomic E-state index is 13.0. The molecule has 7 heteroatoms. The molecule has 3 rings (SSSR count).